The van der Waals surface area contributed by atoms with E-state index < -0.39 is 11.9 Å². The average Bonchev–Trinajstić information content (AvgIpc) is 2.81. The van der Waals surface area contributed by atoms with Crippen LogP contribution in [-0.4, -0.2) is 31.6 Å². The summed E-state index contributed by atoms with van der Waals surface area (Å²) in [4.78, 5) is 26.8. The van der Waals surface area contributed by atoms with Crippen LogP contribution in [0.2, 0.25) is 10.0 Å². The fourth-order valence-corrected chi connectivity index (χ4v) is 5.09. The van der Waals surface area contributed by atoms with Gasteiger partial charge in [0.15, 0.2) is 5.78 Å². The Morgan fingerprint density at radius 3 is 2.50 bits per heavy atom. The fourth-order valence-electron chi connectivity index (χ4n) is 4.72. The van der Waals surface area contributed by atoms with Crippen LogP contribution in [0, 0.1) is 0 Å². The molecule has 0 saturated carbocycles. The molecule has 0 radical (unpaired) electrons. The van der Waals surface area contributed by atoms with Gasteiger partial charge in [-0.05, 0) is 55.5 Å². The highest BCUT2D eigenvalue weighted by Crippen LogP contribution is 2.47. The number of dihydropyridines is 1. The van der Waals surface area contributed by atoms with Crippen molar-refractivity contribution in [2.24, 2.45) is 0 Å². The number of hydrogen-bond donors (Lipinski definition) is 1. The van der Waals surface area contributed by atoms with E-state index in [0.717, 1.165) is 11.3 Å². The summed E-state index contributed by atoms with van der Waals surface area (Å²) in [7, 11) is 0. The van der Waals surface area contributed by atoms with Crippen LogP contribution in [0.5, 0.6) is 0 Å². The van der Waals surface area contributed by atoms with Crippen molar-refractivity contribution in [1.82, 2.24) is 5.32 Å². The van der Waals surface area contributed by atoms with E-state index in [-0.39, 0.29) is 18.3 Å². The van der Waals surface area contributed by atoms with Gasteiger partial charge in [0.05, 0.1) is 12.2 Å². The third-order valence-electron chi connectivity index (χ3n) is 6.27. The van der Waals surface area contributed by atoms with Crippen LogP contribution in [-0.2, 0) is 19.1 Å². The number of rotatable bonds is 7. The van der Waals surface area contributed by atoms with Gasteiger partial charge in [0.25, 0.3) is 0 Å². The first-order valence-corrected chi connectivity index (χ1v) is 12.1. The van der Waals surface area contributed by atoms with Crippen molar-refractivity contribution in [3.63, 3.8) is 0 Å². The van der Waals surface area contributed by atoms with Gasteiger partial charge < -0.3 is 14.8 Å². The van der Waals surface area contributed by atoms with Crippen LogP contribution < -0.4 is 5.32 Å². The van der Waals surface area contributed by atoms with Gasteiger partial charge in [0, 0.05) is 46.0 Å². The molecule has 1 heterocycles. The van der Waals surface area contributed by atoms with Crippen LogP contribution >= 0.6 is 23.2 Å². The molecule has 1 N–H and O–H groups in total. The van der Waals surface area contributed by atoms with Crippen LogP contribution in [0.1, 0.15) is 49.7 Å². The zero-order chi connectivity index (χ0) is 24.2. The highest BCUT2D eigenvalue weighted by atomic mass is 35.5. The van der Waals surface area contributed by atoms with Gasteiger partial charge >= 0.3 is 5.97 Å². The topological polar surface area (TPSA) is 64.6 Å². The van der Waals surface area contributed by atoms with Gasteiger partial charge in [0.2, 0.25) is 0 Å². The summed E-state index contributed by atoms with van der Waals surface area (Å²) in [5.41, 5.74) is 4.25. The summed E-state index contributed by atoms with van der Waals surface area (Å²) in [6.07, 6.45) is 0.989. The lowest BCUT2D eigenvalue weighted by molar-refractivity contribution is -0.140. The molecular weight excluding hydrogens is 473 g/mol. The van der Waals surface area contributed by atoms with Crippen LogP contribution in [0.4, 0.5) is 0 Å². The molecule has 4 rings (SSSR count). The van der Waals surface area contributed by atoms with E-state index in [0.29, 0.717) is 58.5 Å². The van der Waals surface area contributed by atoms with Crippen molar-refractivity contribution in [3.05, 3.63) is 92.2 Å². The lowest BCUT2D eigenvalue weighted by Crippen LogP contribution is -2.36. The lowest BCUT2D eigenvalue weighted by Gasteiger charge is -2.37. The van der Waals surface area contributed by atoms with Gasteiger partial charge in [-0.15, -0.1) is 0 Å². The summed E-state index contributed by atoms with van der Waals surface area (Å²) in [5.74, 6) is -1.06. The molecule has 0 aromatic heterocycles. The van der Waals surface area contributed by atoms with Gasteiger partial charge in [-0.2, -0.15) is 0 Å². The molecule has 0 fully saturated rings. The van der Waals surface area contributed by atoms with E-state index in [1.165, 1.54) is 0 Å². The second-order valence-corrected chi connectivity index (χ2v) is 9.27. The highest BCUT2D eigenvalue weighted by Gasteiger charge is 2.42. The number of carbonyl (C=O) groups is 2. The number of hydrogen-bond acceptors (Lipinski definition) is 5. The number of esters is 1. The summed E-state index contributed by atoms with van der Waals surface area (Å²) < 4.78 is 10.8. The van der Waals surface area contributed by atoms with E-state index in [1.54, 1.807) is 6.07 Å². The SMILES string of the molecule is CCOCCOC(=O)C1=C(C)NC2=C(C(=O)C[C@@H](c3ccc(Cl)cc3)C2)[C@@H]1c1ccccc1Cl. The Bertz CT molecular complexity index is 1150. The van der Waals surface area contributed by atoms with Crippen LogP contribution in [0.25, 0.3) is 0 Å². The second kappa shape index (κ2) is 10.8. The number of carbonyl (C=O) groups excluding carboxylic acids is 2. The molecule has 34 heavy (non-hydrogen) atoms. The Morgan fingerprint density at radius 2 is 1.79 bits per heavy atom. The van der Waals surface area contributed by atoms with Crippen LogP contribution in [0.3, 0.4) is 0 Å². The molecule has 5 nitrogen and oxygen atoms in total. The number of ether oxygens (including phenoxy) is 2. The summed E-state index contributed by atoms with van der Waals surface area (Å²) >= 11 is 12.6. The van der Waals surface area contributed by atoms with Crippen molar-refractivity contribution in [2.75, 3.05) is 19.8 Å². The Kier molecular flexibility index (Phi) is 7.77. The first-order chi connectivity index (χ1) is 16.4. The summed E-state index contributed by atoms with van der Waals surface area (Å²) in [6, 6.07) is 14.9. The zero-order valence-electron chi connectivity index (χ0n) is 19.2. The molecule has 178 valence electrons. The highest BCUT2D eigenvalue weighted by molar-refractivity contribution is 6.31. The Balaban J connectivity index is 1.72. The van der Waals surface area contributed by atoms with Gasteiger partial charge in [-0.25, -0.2) is 4.79 Å². The Morgan fingerprint density at radius 1 is 1.06 bits per heavy atom. The number of ketones is 1. The largest absolute Gasteiger partial charge is 0.460 e. The standard InChI is InChI=1S/C27H27Cl2NO4/c1-3-33-12-13-34-27(32)24-16(2)30-22-14-18(17-8-10-19(28)11-9-17)15-23(31)26(22)25(24)20-6-4-5-7-21(20)29/h4-11,18,25,30H,3,12-15H2,1-2H3/t18-,25+/m0/s1. The first-order valence-electron chi connectivity index (χ1n) is 11.4. The minimum atomic E-state index is -0.594. The number of allylic oxidation sites excluding steroid dienone is 3. The fraction of sp³-hybridized carbons (Fsp3) is 0.333. The maximum absolute atomic E-state index is 13.6. The molecule has 1 aliphatic carbocycles. The van der Waals surface area contributed by atoms with E-state index in [9.17, 15) is 9.59 Å². The van der Waals surface area contributed by atoms with Crippen molar-refractivity contribution < 1.29 is 19.1 Å². The molecule has 1 aliphatic heterocycles. The van der Waals surface area contributed by atoms with Gasteiger partial charge in [-0.1, -0.05) is 53.5 Å². The minimum absolute atomic E-state index is 0.00858. The van der Waals surface area contributed by atoms with Crippen molar-refractivity contribution in [3.8, 4) is 0 Å². The number of halogens is 2. The monoisotopic (exact) mass is 499 g/mol. The average molecular weight is 500 g/mol. The summed E-state index contributed by atoms with van der Waals surface area (Å²) in [6.45, 7) is 4.71. The number of benzene rings is 2. The third-order valence-corrected chi connectivity index (χ3v) is 6.87. The van der Waals surface area contributed by atoms with E-state index in [1.807, 2.05) is 56.3 Å². The van der Waals surface area contributed by atoms with E-state index >= 15 is 0 Å². The Hall–Kier alpha value is -2.60. The smallest absolute Gasteiger partial charge is 0.336 e. The van der Waals surface area contributed by atoms with E-state index in [4.69, 9.17) is 32.7 Å². The molecule has 2 aromatic carbocycles. The molecule has 0 saturated heterocycles. The third kappa shape index (κ3) is 5.07. The molecule has 7 heteroatoms. The van der Waals surface area contributed by atoms with Crippen LogP contribution in [0.15, 0.2) is 71.1 Å². The predicted octanol–water partition coefficient (Wildman–Crippen LogP) is 5.93. The van der Waals surface area contributed by atoms with Gasteiger partial charge in [-0.3, -0.25) is 4.79 Å². The molecule has 0 bridgehead atoms. The quantitative estimate of drug-likeness (QED) is 0.377. The lowest BCUT2D eigenvalue weighted by atomic mass is 9.71. The molecule has 0 spiro atoms. The zero-order valence-corrected chi connectivity index (χ0v) is 20.7. The molecule has 2 aromatic rings. The van der Waals surface area contributed by atoms with E-state index in [2.05, 4.69) is 5.32 Å². The second-order valence-electron chi connectivity index (χ2n) is 8.42. The first kappa shape index (κ1) is 24.5. The normalized spacial score (nSPS) is 20.2. The van der Waals surface area contributed by atoms with Crippen molar-refractivity contribution in [2.45, 2.75) is 38.5 Å². The molecule has 2 aliphatic rings. The maximum Gasteiger partial charge on any atom is 0.336 e. The van der Waals surface area contributed by atoms with Crippen molar-refractivity contribution in [1.29, 1.82) is 0 Å². The molecule has 0 unspecified atom stereocenters. The van der Waals surface area contributed by atoms with Crippen molar-refractivity contribution >= 4 is 35.0 Å². The molecule has 2 atom stereocenters. The number of nitrogens with one attached hydrogen (secondary N) is 1. The predicted molar refractivity (Wildman–Crippen MR) is 133 cm³/mol. The molecule has 0 amide bonds. The summed E-state index contributed by atoms with van der Waals surface area (Å²) in [5, 5.41) is 4.51. The van der Waals surface area contributed by atoms with Gasteiger partial charge in [0.1, 0.15) is 6.61 Å². The number of Topliss-reactive ketones (excluding diaryl/α,β-unsaturated/α-hetero) is 1. The molecular formula is C27H27Cl2NO4. The minimum Gasteiger partial charge on any atom is -0.460 e. The Labute approximate surface area is 209 Å². The maximum atomic E-state index is 13.6.